The van der Waals surface area contributed by atoms with Crippen molar-refractivity contribution in [2.24, 2.45) is 7.05 Å². The zero-order chi connectivity index (χ0) is 33.2. The fraction of sp³-hybridized carbons (Fsp3) is 0.0222. The van der Waals surface area contributed by atoms with E-state index < -0.39 is 0 Å². The average Bonchev–Trinajstić information content (AvgIpc) is 3.69. The van der Waals surface area contributed by atoms with Crippen LogP contribution < -0.4 is 4.74 Å². The summed E-state index contributed by atoms with van der Waals surface area (Å²) < 4.78 is 10.8. The number of ether oxygens (including phenoxy) is 1. The number of rotatable bonds is 4. The van der Waals surface area contributed by atoms with Crippen LogP contribution in [0.4, 0.5) is 0 Å². The normalized spacial score (nSPS) is 11.5. The number of nitrogens with zero attached hydrogens (tertiary/aromatic N) is 4. The van der Waals surface area contributed by atoms with Gasteiger partial charge in [0, 0.05) is 41.4 Å². The monoisotopic (exact) mass is 835 g/mol. The van der Waals surface area contributed by atoms with Gasteiger partial charge in [-0.15, -0.1) is 41.3 Å². The summed E-state index contributed by atoms with van der Waals surface area (Å²) in [6.45, 7) is 0. The van der Waals surface area contributed by atoms with Crippen molar-refractivity contribution in [1.29, 1.82) is 0 Å². The largest absolute Gasteiger partial charge is 2.00 e. The van der Waals surface area contributed by atoms with Crippen molar-refractivity contribution < 1.29 is 25.8 Å². The number of para-hydroxylation sites is 1. The molecule has 0 saturated carbocycles. The summed E-state index contributed by atoms with van der Waals surface area (Å²) in [7, 11) is 2.09. The van der Waals surface area contributed by atoms with Gasteiger partial charge in [-0.2, -0.15) is 6.07 Å². The fourth-order valence-electron chi connectivity index (χ4n) is 7.45. The Morgan fingerprint density at radius 3 is 1.92 bits per heavy atom. The van der Waals surface area contributed by atoms with Gasteiger partial charge >= 0.3 is 21.1 Å². The standard InChI is InChI=1S/C45H28N4O.Pt/c1-48-44-39-21-7-5-18-35(39)33-16-3-2-15-32(33)34-17-4-6-20-38(34)43(44)47-45(48)29-13-12-14-30(27-29)50-31-24-25-37-36-19-8-9-22-40(36)49(41(37)28-31)42-23-10-11-26-46-42;/h2-26H,1H3;/q-2;+2. The Kier molecular flexibility index (Phi) is 7.52. The molecule has 0 bridgehead atoms. The van der Waals surface area contributed by atoms with Crippen molar-refractivity contribution in [1.82, 2.24) is 19.1 Å². The molecule has 3 aromatic heterocycles. The Morgan fingerprint density at radius 2 is 1.18 bits per heavy atom. The summed E-state index contributed by atoms with van der Waals surface area (Å²) in [6, 6.07) is 57.2. The van der Waals surface area contributed by atoms with Crippen molar-refractivity contribution in [2.75, 3.05) is 0 Å². The second-order valence-corrected chi connectivity index (χ2v) is 12.5. The van der Waals surface area contributed by atoms with E-state index >= 15 is 0 Å². The summed E-state index contributed by atoms with van der Waals surface area (Å²) in [5, 5.41) is 2.23. The maximum Gasteiger partial charge on any atom is 2.00 e. The number of imidazole rings is 1. The molecule has 6 heteroatoms. The molecule has 0 amide bonds. The zero-order valence-corrected chi connectivity index (χ0v) is 29.7. The first-order chi connectivity index (χ1) is 24.7. The van der Waals surface area contributed by atoms with E-state index in [0.717, 1.165) is 61.5 Å². The molecule has 10 rings (SSSR count). The third kappa shape index (κ3) is 4.96. The maximum atomic E-state index is 6.49. The molecule has 0 spiro atoms. The number of hydrogen-bond donors (Lipinski definition) is 0. The number of fused-ring (bicyclic) bond motifs is 11. The Balaban J connectivity index is 0.00000348. The maximum absolute atomic E-state index is 6.49. The Hall–Kier alpha value is -6.03. The van der Waals surface area contributed by atoms with Crippen molar-refractivity contribution >= 4 is 21.8 Å². The topological polar surface area (TPSA) is 44.9 Å². The molecule has 0 N–H and O–H groups in total. The van der Waals surface area contributed by atoms with Crippen molar-refractivity contribution in [3.05, 3.63) is 164 Å². The quantitative estimate of drug-likeness (QED) is 0.166. The molecule has 1 aliphatic rings. The van der Waals surface area contributed by atoms with Crippen LogP contribution in [0.15, 0.2) is 152 Å². The van der Waals surface area contributed by atoms with Crippen molar-refractivity contribution in [2.45, 2.75) is 0 Å². The zero-order valence-electron chi connectivity index (χ0n) is 27.4. The van der Waals surface area contributed by atoms with Crippen LogP contribution in [-0.2, 0) is 28.1 Å². The second kappa shape index (κ2) is 12.4. The molecule has 0 saturated heterocycles. The van der Waals surface area contributed by atoms with Crippen LogP contribution in [-0.4, -0.2) is 19.1 Å². The Morgan fingerprint density at radius 1 is 0.549 bits per heavy atom. The molecule has 6 aromatic carbocycles. The van der Waals surface area contributed by atoms with E-state index in [-0.39, 0.29) is 21.1 Å². The van der Waals surface area contributed by atoms with E-state index in [0.29, 0.717) is 11.5 Å². The first-order valence-electron chi connectivity index (χ1n) is 16.7. The number of pyridine rings is 1. The number of aromatic nitrogens is 4. The van der Waals surface area contributed by atoms with Crippen molar-refractivity contribution in [3.63, 3.8) is 0 Å². The summed E-state index contributed by atoms with van der Waals surface area (Å²) >= 11 is 0. The van der Waals surface area contributed by atoms with E-state index in [2.05, 4.69) is 130 Å². The predicted molar refractivity (Wildman–Crippen MR) is 200 cm³/mol. The van der Waals surface area contributed by atoms with Gasteiger partial charge in [-0.3, -0.25) is 4.98 Å². The van der Waals surface area contributed by atoms with Crippen molar-refractivity contribution in [3.8, 4) is 73.5 Å². The van der Waals surface area contributed by atoms with Crippen LogP contribution in [0.1, 0.15) is 0 Å². The molecular weight excluding hydrogens is 808 g/mol. The molecule has 51 heavy (non-hydrogen) atoms. The third-order valence-electron chi connectivity index (χ3n) is 9.63. The first kappa shape index (κ1) is 31.0. The number of benzene rings is 6. The Labute approximate surface area is 309 Å². The summed E-state index contributed by atoms with van der Waals surface area (Å²) in [5.41, 5.74) is 11.8. The molecule has 0 aliphatic heterocycles. The second-order valence-electron chi connectivity index (χ2n) is 12.5. The van der Waals surface area contributed by atoms with E-state index in [1.165, 1.54) is 22.3 Å². The molecule has 3 heterocycles. The fourth-order valence-corrected chi connectivity index (χ4v) is 7.45. The number of hydrogen-bond acceptors (Lipinski definition) is 3. The third-order valence-corrected chi connectivity index (χ3v) is 9.63. The molecule has 0 fully saturated rings. The minimum absolute atomic E-state index is 0. The smallest absolute Gasteiger partial charge is 0.503 e. The van der Waals surface area contributed by atoms with Crippen LogP contribution in [0.3, 0.4) is 0 Å². The summed E-state index contributed by atoms with van der Waals surface area (Å²) in [4.78, 5) is 10.0. The van der Waals surface area contributed by atoms with Gasteiger partial charge in [0.15, 0.2) is 0 Å². The van der Waals surface area contributed by atoms with Gasteiger partial charge in [0.05, 0.1) is 17.2 Å². The molecular formula is C45H28N4OPt. The molecule has 0 unspecified atom stereocenters. The van der Waals surface area contributed by atoms with Gasteiger partial charge in [0.2, 0.25) is 0 Å². The molecule has 0 atom stereocenters. The summed E-state index contributed by atoms with van der Waals surface area (Å²) in [6.07, 6.45) is 1.81. The van der Waals surface area contributed by atoms with E-state index in [1.54, 1.807) is 0 Å². The van der Waals surface area contributed by atoms with Crippen LogP contribution in [0.2, 0.25) is 0 Å². The van der Waals surface area contributed by atoms with Gasteiger partial charge in [-0.1, -0.05) is 109 Å². The molecule has 244 valence electrons. The van der Waals surface area contributed by atoms with E-state index in [9.17, 15) is 0 Å². The molecule has 0 radical (unpaired) electrons. The molecule has 5 nitrogen and oxygen atoms in total. The van der Waals surface area contributed by atoms with Gasteiger partial charge < -0.3 is 13.9 Å². The minimum Gasteiger partial charge on any atom is -0.503 e. The van der Waals surface area contributed by atoms with Crippen LogP contribution >= 0.6 is 0 Å². The summed E-state index contributed by atoms with van der Waals surface area (Å²) in [5.74, 6) is 2.82. The van der Waals surface area contributed by atoms with Crippen LogP contribution in [0.25, 0.3) is 83.8 Å². The molecule has 1 aliphatic carbocycles. The van der Waals surface area contributed by atoms with E-state index in [4.69, 9.17) is 9.72 Å². The van der Waals surface area contributed by atoms with E-state index in [1.807, 2.05) is 54.7 Å². The average molecular weight is 836 g/mol. The SMILES string of the molecule is Cn1c(-c2[c-]c(Oc3[c-]c4c(cc3)c3ccccc3n4-c3ccccn3)ccc2)nc2c1-c1ccccc1-c1ccccc1-c1ccccc1-2.[Pt+2]. The van der Waals surface area contributed by atoms with Crippen LogP contribution in [0.5, 0.6) is 11.5 Å². The van der Waals surface area contributed by atoms with Gasteiger partial charge in [-0.05, 0) is 45.8 Å². The Bertz CT molecular complexity index is 2760. The molecule has 9 aromatic rings. The van der Waals surface area contributed by atoms with Crippen LogP contribution in [0, 0.1) is 12.1 Å². The minimum atomic E-state index is 0. The van der Waals surface area contributed by atoms with Gasteiger partial charge in [-0.25, -0.2) is 4.98 Å². The van der Waals surface area contributed by atoms with Gasteiger partial charge in [0.1, 0.15) is 5.82 Å². The van der Waals surface area contributed by atoms with Gasteiger partial charge in [0.25, 0.3) is 0 Å². The predicted octanol–water partition coefficient (Wildman–Crippen LogP) is 11.0. The first-order valence-corrected chi connectivity index (χ1v) is 16.7.